The molecular weight excluding hydrogens is 295 g/mol. The summed E-state index contributed by atoms with van der Waals surface area (Å²) >= 11 is 0. The molecule has 0 unspecified atom stereocenters. The van der Waals surface area contributed by atoms with Gasteiger partial charge in [-0.3, -0.25) is 9.36 Å². The van der Waals surface area contributed by atoms with E-state index in [9.17, 15) is 9.36 Å². The van der Waals surface area contributed by atoms with Gasteiger partial charge in [0.15, 0.2) is 5.78 Å². The van der Waals surface area contributed by atoms with E-state index in [1.807, 2.05) is 24.3 Å². The van der Waals surface area contributed by atoms with Crippen LogP contribution in [0.25, 0.3) is 0 Å². The summed E-state index contributed by atoms with van der Waals surface area (Å²) in [7, 11) is 0.751. The molecule has 21 heavy (non-hydrogen) atoms. The highest BCUT2D eigenvalue weighted by molar-refractivity contribution is 7.54. The molecule has 0 spiro atoms. The van der Waals surface area contributed by atoms with Crippen LogP contribution < -0.4 is 4.74 Å². The standard InChI is InChI=1S/C14H21O6P/c1-11(14(15)10-21(16,18-3)19-4)20-9-12-5-7-13(17-2)8-6-12/h5-8,11H,9-10H2,1-4H3/t11-/m0/s1. The predicted octanol–water partition coefficient (Wildman–Crippen LogP) is 2.66. The number of methoxy groups -OCH3 is 1. The van der Waals surface area contributed by atoms with Crippen LogP contribution in [0.15, 0.2) is 24.3 Å². The van der Waals surface area contributed by atoms with Crippen LogP contribution in [0.4, 0.5) is 0 Å². The lowest BCUT2D eigenvalue weighted by molar-refractivity contribution is -0.127. The van der Waals surface area contributed by atoms with E-state index in [2.05, 4.69) is 0 Å². The van der Waals surface area contributed by atoms with E-state index < -0.39 is 13.7 Å². The number of hydrogen-bond donors (Lipinski definition) is 0. The Bertz CT molecular complexity index is 491. The van der Waals surface area contributed by atoms with Crippen molar-refractivity contribution in [1.29, 1.82) is 0 Å². The molecule has 0 radical (unpaired) electrons. The predicted molar refractivity (Wildman–Crippen MR) is 78.7 cm³/mol. The first-order valence-electron chi connectivity index (χ1n) is 6.42. The monoisotopic (exact) mass is 316 g/mol. The zero-order chi connectivity index (χ0) is 15.9. The molecule has 1 aromatic rings. The molecule has 0 fully saturated rings. The van der Waals surface area contributed by atoms with Gasteiger partial charge >= 0.3 is 7.60 Å². The van der Waals surface area contributed by atoms with Crippen LogP contribution in [-0.2, 0) is 29.8 Å². The summed E-state index contributed by atoms with van der Waals surface area (Å²) in [4.78, 5) is 11.9. The summed E-state index contributed by atoms with van der Waals surface area (Å²) < 4.78 is 31.9. The molecule has 0 heterocycles. The zero-order valence-corrected chi connectivity index (χ0v) is 13.6. The quantitative estimate of drug-likeness (QED) is 0.652. The summed E-state index contributed by atoms with van der Waals surface area (Å²) in [6, 6.07) is 7.33. The molecule has 118 valence electrons. The topological polar surface area (TPSA) is 71.1 Å². The minimum absolute atomic E-state index is 0.279. The Labute approximate surface area is 124 Å². The van der Waals surface area contributed by atoms with Crippen LogP contribution in [0, 0.1) is 0 Å². The van der Waals surface area contributed by atoms with E-state index in [1.165, 1.54) is 14.2 Å². The van der Waals surface area contributed by atoms with Crippen molar-refractivity contribution in [2.24, 2.45) is 0 Å². The number of carbonyl (C=O) groups is 1. The number of hydrogen-bond acceptors (Lipinski definition) is 6. The van der Waals surface area contributed by atoms with Gasteiger partial charge in [0.05, 0.1) is 13.7 Å². The molecule has 0 saturated heterocycles. The van der Waals surface area contributed by atoms with Crippen LogP contribution >= 0.6 is 7.60 Å². The van der Waals surface area contributed by atoms with Crippen LogP contribution in [0.5, 0.6) is 5.75 Å². The van der Waals surface area contributed by atoms with E-state index >= 15 is 0 Å². The smallest absolute Gasteiger partial charge is 0.337 e. The zero-order valence-electron chi connectivity index (χ0n) is 12.7. The average molecular weight is 316 g/mol. The van der Waals surface area contributed by atoms with Crippen molar-refractivity contribution in [1.82, 2.24) is 0 Å². The van der Waals surface area contributed by atoms with Crippen molar-refractivity contribution in [3.8, 4) is 5.75 Å². The van der Waals surface area contributed by atoms with Crippen LogP contribution in [0.2, 0.25) is 0 Å². The minimum atomic E-state index is -3.34. The second-order valence-electron chi connectivity index (χ2n) is 4.40. The van der Waals surface area contributed by atoms with E-state index in [4.69, 9.17) is 18.5 Å². The third-order valence-corrected chi connectivity index (χ3v) is 4.83. The Morgan fingerprint density at radius 1 is 1.14 bits per heavy atom. The van der Waals surface area contributed by atoms with E-state index in [0.29, 0.717) is 0 Å². The van der Waals surface area contributed by atoms with Crippen LogP contribution in [0.1, 0.15) is 12.5 Å². The van der Waals surface area contributed by atoms with Crippen molar-refractivity contribution < 1.29 is 27.9 Å². The average Bonchev–Trinajstić information content (AvgIpc) is 2.52. The minimum Gasteiger partial charge on any atom is -0.497 e. The fraction of sp³-hybridized carbons (Fsp3) is 0.500. The van der Waals surface area contributed by atoms with E-state index in [-0.39, 0.29) is 18.6 Å². The maximum absolute atomic E-state index is 11.9. The Kier molecular flexibility index (Phi) is 7.05. The number of carbonyl (C=O) groups excluding carboxylic acids is 1. The fourth-order valence-electron chi connectivity index (χ4n) is 1.56. The lowest BCUT2D eigenvalue weighted by Gasteiger charge is -2.16. The Balaban J connectivity index is 2.50. The molecule has 0 amide bonds. The Hall–Kier alpha value is -1.20. The van der Waals surface area contributed by atoms with Gasteiger partial charge in [-0.05, 0) is 24.6 Å². The first-order chi connectivity index (χ1) is 9.94. The molecule has 0 N–H and O–H groups in total. The highest BCUT2D eigenvalue weighted by Crippen LogP contribution is 2.46. The van der Waals surface area contributed by atoms with Crippen LogP contribution in [0.3, 0.4) is 0 Å². The molecule has 0 aliphatic heterocycles. The SMILES string of the molecule is COc1ccc(CO[C@@H](C)C(=O)CP(=O)(OC)OC)cc1. The molecule has 0 saturated carbocycles. The molecule has 1 atom stereocenters. The van der Waals surface area contributed by atoms with E-state index in [0.717, 1.165) is 11.3 Å². The highest BCUT2D eigenvalue weighted by atomic mass is 31.2. The Morgan fingerprint density at radius 2 is 1.71 bits per heavy atom. The summed E-state index contributed by atoms with van der Waals surface area (Å²) in [5, 5.41) is 0. The van der Waals surface area contributed by atoms with Gasteiger partial charge in [-0.15, -0.1) is 0 Å². The van der Waals surface area contributed by atoms with Crippen molar-refractivity contribution in [2.45, 2.75) is 19.6 Å². The van der Waals surface area contributed by atoms with Crippen LogP contribution in [-0.4, -0.2) is 39.4 Å². The summed E-state index contributed by atoms with van der Waals surface area (Å²) in [6.07, 6.45) is -0.991. The molecule has 0 bridgehead atoms. The van der Waals surface area contributed by atoms with E-state index in [1.54, 1.807) is 14.0 Å². The lowest BCUT2D eigenvalue weighted by atomic mass is 10.2. The second-order valence-corrected chi connectivity index (χ2v) is 6.67. The molecule has 0 aromatic heterocycles. The van der Waals surface area contributed by atoms with Gasteiger partial charge in [-0.2, -0.15) is 0 Å². The van der Waals surface area contributed by atoms with Gasteiger partial charge in [0.25, 0.3) is 0 Å². The van der Waals surface area contributed by atoms with Gasteiger partial charge in [0.1, 0.15) is 18.0 Å². The third kappa shape index (κ3) is 5.59. The number of Topliss-reactive ketones (excluding diaryl/α,β-unsaturated/α-hetero) is 1. The molecule has 6 nitrogen and oxygen atoms in total. The molecule has 1 rings (SSSR count). The normalized spacial score (nSPS) is 13.0. The Morgan fingerprint density at radius 3 is 2.19 bits per heavy atom. The molecule has 1 aromatic carbocycles. The number of rotatable bonds is 9. The molecular formula is C14H21O6P. The highest BCUT2D eigenvalue weighted by Gasteiger charge is 2.28. The summed E-state index contributed by atoms with van der Waals surface area (Å²) in [5.41, 5.74) is 0.914. The van der Waals surface area contributed by atoms with Gasteiger partial charge < -0.3 is 18.5 Å². The summed E-state index contributed by atoms with van der Waals surface area (Å²) in [5.74, 6) is 0.430. The number of benzene rings is 1. The van der Waals surface area contributed by atoms with Crippen molar-refractivity contribution in [3.63, 3.8) is 0 Å². The van der Waals surface area contributed by atoms with Crippen molar-refractivity contribution in [2.75, 3.05) is 27.5 Å². The van der Waals surface area contributed by atoms with Gasteiger partial charge in [-0.1, -0.05) is 12.1 Å². The van der Waals surface area contributed by atoms with Gasteiger partial charge in [0.2, 0.25) is 0 Å². The maximum atomic E-state index is 11.9. The summed E-state index contributed by atoms with van der Waals surface area (Å²) in [6.45, 7) is 1.89. The fourth-order valence-corrected chi connectivity index (χ4v) is 2.61. The number of ether oxygens (including phenoxy) is 2. The van der Waals surface area contributed by atoms with Gasteiger partial charge in [0, 0.05) is 14.2 Å². The second kappa shape index (κ2) is 8.29. The molecule has 7 heteroatoms. The first kappa shape index (κ1) is 17.9. The largest absolute Gasteiger partial charge is 0.497 e. The van der Waals surface area contributed by atoms with Crippen molar-refractivity contribution in [3.05, 3.63) is 29.8 Å². The maximum Gasteiger partial charge on any atom is 0.337 e. The third-order valence-electron chi connectivity index (χ3n) is 3.02. The first-order valence-corrected chi connectivity index (χ1v) is 8.14. The lowest BCUT2D eigenvalue weighted by Crippen LogP contribution is -2.24. The van der Waals surface area contributed by atoms with Crippen molar-refractivity contribution >= 4 is 13.4 Å². The molecule has 0 aliphatic rings. The number of ketones is 1. The van der Waals surface area contributed by atoms with Gasteiger partial charge in [-0.25, -0.2) is 0 Å². The molecule has 0 aliphatic carbocycles.